The van der Waals surface area contributed by atoms with Crippen LogP contribution in [0.1, 0.15) is 39.9 Å². The topological polar surface area (TPSA) is 60.8 Å². The van der Waals surface area contributed by atoms with Gasteiger partial charge in [0.2, 0.25) is 0 Å². The molecule has 1 aromatic heterocycles. The molecule has 2 heterocycles. The van der Waals surface area contributed by atoms with Crippen molar-refractivity contribution in [2.75, 3.05) is 19.7 Å². The number of nitrogens with zero attached hydrogens (tertiary/aromatic N) is 1. The number of piperidine rings is 1. The quantitative estimate of drug-likeness (QED) is 0.817. The van der Waals surface area contributed by atoms with Crippen LogP contribution in [0.25, 0.3) is 0 Å². The molecular formula is C16H21NO3S. The fraction of sp³-hybridized carbons (Fsp3) is 0.562. The minimum absolute atomic E-state index is 0.0455. The van der Waals surface area contributed by atoms with Crippen LogP contribution in [0, 0.1) is 24.7 Å². The van der Waals surface area contributed by atoms with E-state index in [1.54, 1.807) is 0 Å². The Balaban J connectivity index is 2.04. The van der Waals surface area contributed by atoms with Gasteiger partial charge in [0.25, 0.3) is 5.91 Å². The van der Waals surface area contributed by atoms with Crippen LogP contribution in [0.15, 0.2) is 6.07 Å². The smallest absolute Gasteiger partial charge is 0.263 e. The van der Waals surface area contributed by atoms with Gasteiger partial charge in [0.05, 0.1) is 15.9 Å². The van der Waals surface area contributed by atoms with Crippen LogP contribution in [-0.2, 0) is 0 Å². The van der Waals surface area contributed by atoms with E-state index in [0.29, 0.717) is 23.9 Å². The molecule has 114 valence electrons. The van der Waals surface area contributed by atoms with Gasteiger partial charge < -0.3 is 15.1 Å². The molecule has 1 saturated heterocycles. The molecule has 1 fully saturated rings. The number of aryl methyl sites for hydroxylation is 1. The predicted octanol–water partition coefficient (Wildman–Crippen LogP) is 1.63. The highest BCUT2D eigenvalue weighted by Crippen LogP contribution is 2.26. The lowest BCUT2D eigenvalue weighted by Gasteiger charge is -2.33. The average Bonchev–Trinajstić information content (AvgIpc) is 2.85. The lowest BCUT2D eigenvalue weighted by molar-refractivity contribution is 0.0525. The molecule has 0 spiro atoms. The molecule has 1 amide bonds. The monoisotopic (exact) mass is 307 g/mol. The Bertz CT molecular complexity index is 560. The van der Waals surface area contributed by atoms with Crippen LogP contribution in [0.3, 0.4) is 0 Å². The summed E-state index contributed by atoms with van der Waals surface area (Å²) in [5, 5.41) is 18.3. The number of likely N-dealkylation sites (tertiary alicyclic amines) is 1. The third-order valence-electron chi connectivity index (χ3n) is 3.92. The van der Waals surface area contributed by atoms with Crippen molar-refractivity contribution in [3.8, 4) is 11.8 Å². The first kappa shape index (κ1) is 16.0. The van der Waals surface area contributed by atoms with Gasteiger partial charge in [-0.3, -0.25) is 4.79 Å². The molecule has 0 aliphatic carbocycles. The van der Waals surface area contributed by atoms with Gasteiger partial charge in [-0.1, -0.05) is 11.8 Å². The molecule has 0 bridgehead atoms. The van der Waals surface area contributed by atoms with Crippen LogP contribution in [0.2, 0.25) is 0 Å². The normalized spacial score (nSPS) is 17.2. The number of amides is 1. The van der Waals surface area contributed by atoms with Crippen molar-refractivity contribution in [2.24, 2.45) is 5.92 Å². The molecule has 21 heavy (non-hydrogen) atoms. The van der Waals surface area contributed by atoms with Gasteiger partial charge in [-0.05, 0) is 44.2 Å². The highest BCUT2D eigenvalue weighted by molar-refractivity contribution is 7.14. The van der Waals surface area contributed by atoms with Crippen molar-refractivity contribution in [2.45, 2.75) is 32.8 Å². The molecule has 5 heteroatoms. The lowest BCUT2D eigenvalue weighted by Crippen LogP contribution is -2.40. The summed E-state index contributed by atoms with van der Waals surface area (Å²) in [5.41, 5.74) is 0.975. The van der Waals surface area contributed by atoms with E-state index in [1.165, 1.54) is 11.3 Å². The fourth-order valence-electron chi connectivity index (χ4n) is 2.57. The summed E-state index contributed by atoms with van der Waals surface area (Å²) in [7, 11) is 0. The standard InChI is InChI=1S/C16H21NO3S/c1-11-10-15(21-14(11)4-3-9-18)16(20)17-7-5-13(6-8-17)12(2)19/h10,12-13,18-19H,5-9H2,1-2H3. The molecule has 0 radical (unpaired) electrons. The summed E-state index contributed by atoms with van der Waals surface area (Å²) in [6.07, 6.45) is 1.40. The van der Waals surface area contributed by atoms with Gasteiger partial charge in [0.15, 0.2) is 0 Å². The van der Waals surface area contributed by atoms with Gasteiger partial charge >= 0.3 is 0 Å². The van der Waals surface area contributed by atoms with E-state index in [4.69, 9.17) is 5.11 Å². The van der Waals surface area contributed by atoms with E-state index in [2.05, 4.69) is 11.8 Å². The summed E-state index contributed by atoms with van der Waals surface area (Å²) in [6, 6.07) is 1.87. The molecule has 1 atom stereocenters. The third-order valence-corrected chi connectivity index (χ3v) is 5.06. The van der Waals surface area contributed by atoms with Gasteiger partial charge in [0, 0.05) is 13.1 Å². The van der Waals surface area contributed by atoms with Crippen molar-refractivity contribution < 1.29 is 15.0 Å². The van der Waals surface area contributed by atoms with Crippen LogP contribution in [0.4, 0.5) is 0 Å². The fourth-order valence-corrected chi connectivity index (χ4v) is 3.59. The molecule has 1 unspecified atom stereocenters. The molecule has 1 aliphatic rings. The number of carbonyl (C=O) groups is 1. The molecule has 1 aromatic rings. The highest BCUT2D eigenvalue weighted by atomic mass is 32.1. The van der Waals surface area contributed by atoms with Crippen molar-refractivity contribution in [1.29, 1.82) is 0 Å². The zero-order chi connectivity index (χ0) is 15.4. The van der Waals surface area contributed by atoms with Gasteiger partial charge in [-0.25, -0.2) is 0 Å². The van der Waals surface area contributed by atoms with E-state index in [0.717, 1.165) is 23.3 Å². The summed E-state index contributed by atoms with van der Waals surface area (Å²) >= 11 is 1.38. The second kappa shape index (κ2) is 7.08. The van der Waals surface area contributed by atoms with Gasteiger partial charge in [0.1, 0.15) is 6.61 Å². The Morgan fingerprint density at radius 1 is 1.52 bits per heavy atom. The van der Waals surface area contributed by atoms with E-state index >= 15 is 0 Å². The molecule has 4 nitrogen and oxygen atoms in total. The largest absolute Gasteiger partial charge is 0.393 e. The number of carbonyl (C=O) groups excluding carboxylic acids is 1. The first-order chi connectivity index (χ1) is 10.0. The second-order valence-electron chi connectivity index (χ2n) is 5.45. The number of hydrogen-bond donors (Lipinski definition) is 2. The summed E-state index contributed by atoms with van der Waals surface area (Å²) in [6.45, 7) is 4.96. The Morgan fingerprint density at radius 2 is 2.19 bits per heavy atom. The van der Waals surface area contributed by atoms with Crippen LogP contribution in [0.5, 0.6) is 0 Å². The summed E-state index contributed by atoms with van der Waals surface area (Å²) in [5.74, 6) is 5.84. The maximum atomic E-state index is 12.5. The summed E-state index contributed by atoms with van der Waals surface area (Å²) in [4.78, 5) is 15.9. The van der Waals surface area contributed by atoms with E-state index in [1.807, 2.05) is 24.8 Å². The van der Waals surface area contributed by atoms with Gasteiger partial charge in [-0.2, -0.15) is 0 Å². The first-order valence-electron chi connectivity index (χ1n) is 7.20. The molecule has 0 aromatic carbocycles. The SMILES string of the molecule is Cc1cc(C(=O)N2CCC(C(C)O)CC2)sc1C#CCO. The second-order valence-corrected chi connectivity index (χ2v) is 6.51. The predicted molar refractivity (Wildman–Crippen MR) is 83.3 cm³/mol. The van der Waals surface area contributed by atoms with Crippen LogP contribution in [-0.4, -0.2) is 46.8 Å². The van der Waals surface area contributed by atoms with Crippen molar-refractivity contribution in [1.82, 2.24) is 4.90 Å². The Labute approximate surface area is 129 Å². The zero-order valence-electron chi connectivity index (χ0n) is 12.4. The first-order valence-corrected chi connectivity index (χ1v) is 8.02. The van der Waals surface area contributed by atoms with Crippen molar-refractivity contribution >= 4 is 17.2 Å². The van der Waals surface area contributed by atoms with Gasteiger partial charge in [-0.15, -0.1) is 11.3 Å². The molecule has 1 aliphatic heterocycles. The molecule has 2 N–H and O–H groups in total. The van der Waals surface area contributed by atoms with Crippen molar-refractivity contribution in [3.63, 3.8) is 0 Å². The Morgan fingerprint density at radius 3 is 2.76 bits per heavy atom. The molecule has 2 rings (SSSR count). The minimum atomic E-state index is -0.299. The molecular weight excluding hydrogens is 286 g/mol. The summed E-state index contributed by atoms with van der Waals surface area (Å²) < 4.78 is 0. The number of hydrogen-bond acceptors (Lipinski definition) is 4. The average molecular weight is 307 g/mol. The highest BCUT2D eigenvalue weighted by Gasteiger charge is 2.26. The van der Waals surface area contributed by atoms with Crippen LogP contribution >= 0.6 is 11.3 Å². The maximum absolute atomic E-state index is 12.5. The zero-order valence-corrected chi connectivity index (χ0v) is 13.2. The Kier molecular flexibility index (Phi) is 5.40. The lowest BCUT2D eigenvalue weighted by atomic mass is 9.92. The van der Waals surface area contributed by atoms with E-state index in [-0.39, 0.29) is 18.6 Å². The maximum Gasteiger partial charge on any atom is 0.263 e. The number of aliphatic hydroxyl groups is 2. The Hall–Kier alpha value is -1.35. The minimum Gasteiger partial charge on any atom is -0.393 e. The van der Waals surface area contributed by atoms with Crippen LogP contribution < -0.4 is 0 Å². The van der Waals surface area contributed by atoms with Crippen molar-refractivity contribution in [3.05, 3.63) is 21.4 Å². The molecule has 0 saturated carbocycles. The number of rotatable bonds is 2. The number of thiophene rings is 1. The van der Waals surface area contributed by atoms with E-state index < -0.39 is 0 Å². The number of aliphatic hydroxyl groups excluding tert-OH is 2. The third kappa shape index (κ3) is 3.85. The van der Waals surface area contributed by atoms with E-state index in [9.17, 15) is 9.90 Å².